The van der Waals surface area contributed by atoms with Crippen LogP contribution in [0.1, 0.15) is 18.4 Å². The first-order chi connectivity index (χ1) is 15.5. The lowest BCUT2D eigenvalue weighted by atomic mass is 10.1. The van der Waals surface area contributed by atoms with Crippen LogP contribution in [-0.2, 0) is 0 Å². The third-order valence-corrected chi connectivity index (χ3v) is 5.74. The molecule has 0 aliphatic carbocycles. The molecule has 0 saturated carbocycles. The van der Waals surface area contributed by atoms with Crippen molar-refractivity contribution in [1.82, 2.24) is 19.9 Å². The Morgan fingerprint density at radius 1 is 1.31 bits per heavy atom. The number of nitrogens with zero attached hydrogens (tertiary/aromatic N) is 4. The minimum atomic E-state index is -0.795. The maximum Gasteiger partial charge on any atom is 0.319 e. The average Bonchev–Trinajstić information content (AvgIpc) is 3.21. The van der Waals surface area contributed by atoms with Crippen LogP contribution in [0.2, 0.25) is 5.02 Å². The minimum Gasteiger partial charge on any atom is -0.497 e. The molecule has 0 bridgehead atoms. The molecule has 10 heteroatoms. The zero-order valence-electron chi connectivity index (χ0n) is 17.8. The quantitative estimate of drug-likeness (QED) is 0.570. The van der Waals surface area contributed by atoms with Crippen molar-refractivity contribution >= 4 is 22.6 Å². The molecule has 0 amide bonds. The molecule has 32 heavy (non-hydrogen) atoms. The zero-order valence-corrected chi connectivity index (χ0v) is 18.6. The Morgan fingerprint density at radius 3 is 2.88 bits per heavy atom. The third kappa shape index (κ3) is 4.42. The summed E-state index contributed by atoms with van der Waals surface area (Å²) in [7, 11) is 3.05. The van der Waals surface area contributed by atoms with Crippen LogP contribution in [0, 0.1) is 11.3 Å². The highest BCUT2D eigenvalue weighted by molar-refractivity contribution is 6.34. The van der Waals surface area contributed by atoms with Gasteiger partial charge in [0, 0.05) is 25.4 Å². The number of aromatic nitrogens is 3. The van der Waals surface area contributed by atoms with E-state index in [0.717, 1.165) is 13.0 Å². The fourth-order valence-corrected chi connectivity index (χ4v) is 4.17. The second-order valence-electron chi connectivity index (χ2n) is 7.47. The maximum absolute atomic E-state index is 13.6. The van der Waals surface area contributed by atoms with Gasteiger partial charge in [-0.3, -0.25) is 4.90 Å². The summed E-state index contributed by atoms with van der Waals surface area (Å²) in [4.78, 5) is 14.0. The van der Waals surface area contributed by atoms with Crippen molar-refractivity contribution in [3.63, 3.8) is 0 Å². The summed E-state index contributed by atoms with van der Waals surface area (Å²) >= 11 is 6.56. The number of rotatable bonds is 7. The summed E-state index contributed by atoms with van der Waals surface area (Å²) in [6.07, 6.45) is 2.21. The predicted octanol–water partition coefficient (Wildman–Crippen LogP) is 3.98. The number of likely N-dealkylation sites (tertiary alicyclic amines) is 1. The van der Waals surface area contributed by atoms with Gasteiger partial charge in [-0.1, -0.05) is 11.6 Å². The number of benzene rings is 1. The minimum absolute atomic E-state index is 0.126. The molecule has 3 heterocycles. The summed E-state index contributed by atoms with van der Waals surface area (Å²) in [6.45, 7) is 2.12. The zero-order chi connectivity index (χ0) is 22.7. The van der Waals surface area contributed by atoms with Crippen molar-refractivity contribution in [3.8, 4) is 34.8 Å². The van der Waals surface area contributed by atoms with Gasteiger partial charge >= 0.3 is 6.01 Å². The summed E-state index contributed by atoms with van der Waals surface area (Å²) < 4.78 is 30.3. The van der Waals surface area contributed by atoms with Crippen molar-refractivity contribution in [2.24, 2.45) is 0 Å². The van der Waals surface area contributed by atoms with Crippen LogP contribution in [0.4, 0.5) is 4.39 Å². The smallest absolute Gasteiger partial charge is 0.319 e. The molecule has 4 rings (SSSR count). The molecular formula is C22H23ClFN5O3. The molecule has 2 aromatic heterocycles. The fourth-order valence-electron chi connectivity index (χ4n) is 3.88. The van der Waals surface area contributed by atoms with Gasteiger partial charge < -0.3 is 19.2 Å². The summed E-state index contributed by atoms with van der Waals surface area (Å²) in [5, 5.41) is 10.4. The first-order valence-corrected chi connectivity index (χ1v) is 10.6. The Morgan fingerprint density at radius 2 is 2.16 bits per heavy atom. The van der Waals surface area contributed by atoms with E-state index in [4.69, 9.17) is 25.8 Å². The number of H-pyrrole nitrogens is 1. The maximum atomic E-state index is 13.6. The Hall–Kier alpha value is -3.09. The van der Waals surface area contributed by atoms with Gasteiger partial charge in [0.1, 0.15) is 36.0 Å². The molecule has 1 aromatic carbocycles. The molecule has 1 aliphatic rings. The van der Waals surface area contributed by atoms with Crippen LogP contribution in [0.5, 0.6) is 17.5 Å². The topological polar surface area (TPSA) is 96.3 Å². The monoisotopic (exact) mass is 459 g/mol. The molecule has 1 atom stereocenters. The van der Waals surface area contributed by atoms with Crippen molar-refractivity contribution in [1.29, 1.82) is 5.26 Å². The Labute approximate surface area is 189 Å². The Bertz CT molecular complexity index is 1160. The van der Waals surface area contributed by atoms with Gasteiger partial charge in [-0.25, -0.2) is 4.39 Å². The standard InChI is InChI=1S/C22H23ClFN5O3/c1-30-15-8-16(23)19(17(9-15)31-2)20-18-13(10-25)11-26-21(18)28-22(27-20)32-7-6-29-5-3-4-14(24)12-29/h8-9,11,14H,3-7,12H2,1-2H3,(H,26,27,28)/t14-/m0/s1. The highest BCUT2D eigenvalue weighted by atomic mass is 35.5. The van der Waals surface area contributed by atoms with E-state index in [-0.39, 0.29) is 6.01 Å². The first-order valence-electron chi connectivity index (χ1n) is 10.2. The SMILES string of the molecule is COc1cc(Cl)c(-c2nc(OCCN3CCC[C@H](F)C3)nc3[nH]cc(C#N)c23)c(OC)c1. The number of alkyl halides is 1. The van der Waals surface area contributed by atoms with Gasteiger partial charge in [-0.05, 0) is 25.5 Å². The van der Waals surface area contributed by atoms with E-state index in [1.165, 1.54) is 14.2 Å². The van der Waals surface area contributed by atoms with E-state index in [9.17, 15) is 9.65 Å². The van der Waals surface area contributed by atoms with E-state index in [2.05, 4.69) is 21.0 Å². The molecule has 1 saturated heterocycles. The van der Waals surface area contributed by atoms with Crippen LogP contribution in [-0.4, -0.2) is 66.5 Å². The van der Waals surface area contributed by atoms with Crippen LogP contribution in [0.15, 0.2) is 18.3 Å². The second kappa shape index (κ2) is 9.59. The van der Waals surface area contributed by atoms with Crippen molar-refractivity contribution in [2.75, 3.05) is 40.5 Å². The van der Waals surface area contributed by atoms with Crippen molar-refractivity contribution in [3.05, 3.63) is 28.9 Å². The molecule has 1 N–H and O–H groups in total. The van der Waals surface area contributed by atoms with Gasteiger partial charge in [0.15, 0.2) is 0 Å². The molecule has 0 unspecified atom stereocenters. The molecule has 3 aromatic rings. The number of hydrogen-bond donors (Lipinski definition) is 1. The number of methoxy groups -OCH3 is 2. The van der Waals surface area contributed by atoms with Crippen molar-refractivity contribution < 1.29 is 18.6 Å². The van der Waals surface area contributed by atoms with Gasteiger partial charge in [0.25, 0.3) is 0 Å². The van der Waals surface area contributed by atoms with E-state index in [0.29, 0.717) is 70.5 Å². The van der Waals surface area contributed by atoms with Crippen molar-refractivity contribution in [2.45, 2.75) is 19.0 Å². The number of fused-ring (bicyclic) bond motifs is 1. The molecule has 8 nitrogen and oxygen atoms in total. The molecular weight excluding hydrogens is 437 g/mol. The Kier molecular flexibility index (Phi) is 6.63. The summed E-state index contributed by atoms with van der Waals surface area (Å²) in [5.41, 5.74) is 1.73. The first kappa shape index (κ1) is 22.1. The van der Waals surface area contributed by atoms with Gasteiger partial charge in [0.05, 0.1) is 41.4 Å². The highest BCUT2D eigenvalue weighted by Crippen LogP contribution is 2.42. The number of aromatic amines is 1. The number of hydrogen-bond acceptors (Lipinski definition) is 7. The van der Waals surface area contributed by atoms with Crippen LogP contribution < -0.4 is 14.2 Å². The van der Waals surface area contributed by atoms with Gasteiger partial charge in [-0.2, -0.15) is 15.2 Å². The number of ether oxygens (including phenoxy) is 3. The predicted molar refractivity (Wildman–Crippen MR) is 118 cm³/mol. The highest BCUT2D eigenvalue weighted by Gasteiger charge is 2.23. The normalized spacial score (nSPS) is 16.7. The summed E-state index contributed by atoms with van der Waals surface area (Å²) in [5.74, 6) is 0.965. The number of piperidine rings is 1. The lowest BCUT2D eigenvalue weighted by Crippen LogP contribution is -2.38. The molecule has 1 aliphatic heterocycles. The van der Waals surface area contributed by atoms with E-state index in [1.54, 1.807) is 18.3 Å². The van der Waals surface area contributed by atoms with Crippen LogP contribution >= 0.6 is 11.6 Å². The van der Waals surface area contributed by atoms with Gasteiger partial charge in [-0.15, -0.1) is 0 Å². The fraction of sp³-hybridized carbons (Fsp3) is 0.409. The second-order valence-corrected chi connectivity index (χ2v) is 7.87. The number of nitrogens with one attached hydrogen (secondary N) is 1. The van der Waals surface area contributed by atoms with Crippen LogP contribution in [0.25, 0.3) is 22.3 Å². The van der Waals surface area contributed by atoms with E-state index in [1.807, 2.05) is 4.90 Å². The molecule has 0 radical (unpaired) electrons. The number of nitriles is 1. The number of halogens is 2. The van der Waals surface area contributed by atoms with Crippen LogP contribution in [0.3, 0.4) is 0 Å². The largest absolute Gasteiger partial charge is 0.497 e. The molecule has 1 fully saturated rings. The Balaban J connectivity index is 1.70. The van der Waals surface area contributed by atoms with Gasteiger partial charge in [0.2, 0.25) is 0 Å². The lowest BCUT2D eigenvalue weighted by Gasteiger charge is -2.28. The lowest BCUT2D eigenvalue weighted by molar-refractivity contribution is 0.119. The average molecular weight is 460 g/mol. The molecule has 0 spiro atoms. The van der Waals surface area contributed by atoms with E-state index >= 15 is 0 Å². The van der Waals surface area contributed by atoms with E-state index < -0.39 is 6.17 Å². The summed E-state index contributed by atoms with van der Waals surface area (Å²) in [6, 6.07) is 5.61. The molecule has 168 valence electrons. The third-order valence-electron chi connectivity index (χ3n) is 5.44.